The van der Waals surface area contributed by atoms with E-state index in [-0.39, 0.29) is 6.04 Å². The Hall–Kier alpha value is -2.33. The maximum Gasteiger partial charge on any atom is 0.120 e. The summed E-state index contributed by atoms with van der Waals surface area (Å²) in [4.78, 5) is 5.03. The molecule has 2 aromatic rings. The second kappa shape index (κ2) is 6.89. The molecule has 0 amide bonds. The van der Waals surface area contributed by atoms with E-state index in [4.69, 9.17) is 9.73 Å². The molecule has 0 radical (unpaired) electrons. The summed E-state index contributed by atoms with van der Waals surface area (Å²) >= 11 is 0. The molecule has 0 aliphatic carbocycles. The van der Waals surface area contributed by atoms with Gasteiger partial charge < -0.3 is 9.84 Å². The van der Waals surface area contributed by atoms with E-state index in [9.17, 15) is 5.11 Å². The predicted molar refractivity (Wildman–Crippen MR) is 101 cm³/mol. The highest BCUT2D eigenvalue weighted by Gasteiger charge is 2.36. The first-order valence-electron chi connectivity index (χ1n) is 8.71. The van der Waals surface area contributed by atoms with Gasteiger partial charge in [0.2, 0.25) is 0 Å². The second-order valence-electron chi connectivity index (χ2n) is 7.05. The standard InChI is InChI=1S/C21H26N2O2/c1-14(2)21(3)22-18(15-8-7-9-16(12-15)25-4)13-19(23-21)17-10-5-6-11-20(17)24/h5-12,14,19,23-24H,13H2,1-4H3/t19-,21-/m0/s1. The average molecular weight is 338 g/mol. The normalized spacial score (nSPS) is 23.4. The Morgan fingerprint density at radius 3 is 2.64 bits per heavy atom. The lowest BCUT2D eigenvalue weighted by Crippen LogP contribution is -2.51. The number of phenolic OH excluding ortho intramolecular Hbond substituents is 1. The quantitative estimate of drug-likeness (QED) is 0.874. The smallest absolute Gasteiger partial charge is 0.120 e. The van der Waals surface area contributed by atoms with Crippen LogP contribution in [-0.2, 0) is 0 Å². The summed E-state index contributed by atoms with van der Waals surface area (Å²) in [6.45, 7) is 6.43. The Morgan fingerprint density at radius 1 is 1.20 bits per heavy atom. The first kappa shape index (κ1) is 17.5. The molecule has 0 saturated heterocycles. The fourth-order valence-corrected chi connectivity index (χ4v) is 3.21. The van der Waals surface area contributed by atoms with Crippen LogP contribution in [0.25, 0.3) is 0 Å². The molecule has 0 unspecified atom stereocenters. The summed E-state index contributed by atoms with van der Waals surface area (Å²) < 4.78 is 5.37. The number of benzene rings is 2. The van der Waals surface area contributed by atoms with Crippen LogP contribution in [0.3, 0.4) is 0 Å². The van der Waals surface area contributed by atoms with Gasteiger partial charge in [0.05, 0.1) is 7.11 Å². The van der Waals surface area contributed by atoms with Crippen molar-refractivity contribution < 1.29 is 9.84 Å². The van der Waals surface area contributed by atoms with E-state index in [1.54, 1.807) is 13.2 Å². The molecule has 1 aliphatic heterocycles. The minimum atomic E-state index is -0.399. The number of rotatable bonds is 4. The average Bonchev–Trinajstić information content (AvgIpc) is 2.61. The lowest BCUT2D eigenvalue weighted by atomic mass is 9.88. The zero-order valence-corrected chi connectivity index (χ0v) is 15.3. The molecule has 2 N–H and O–H groups in total. The molecule has 1 aliphatic rings. The van der Waals surface area contributed by atoms with Crippen molar-refractivity contribution in [2.75, 3.05) is 7.11 Å². The Balaban J connectivity index is 2.04. The number of para-hydroxylation sites is 1. The van der Waals surface area contributed by atoms with E-state index in [0.717, 1.165) is 22.6 Å². The van der Waals surface area contributed by atoms with Gasteiger partial charge in [0.1, 0.15) is 17.2 Å². The Kier molecular flexibility index (Phi) is 4.82. The van der Waals surface area contributed by atoms with E-state index in [2.05, 4.69) is 32.2 Å². The number of nitrogens with one attached hydrogen (secondary N) is 1. The Labute approximate surface area is 149 Å². The predicted octanol–water partition coefficient (Wildman–Crippen LogP) is 4.30. The van der Waals surface area contributed by atoms with Gasteiger partial charge in [-0.05, 0) is 36.6 Å². The zero-order valence-electron chi connectivity index (χ0n) is 15.3. The number of hydrogen-bond acceptors (Lipinski definition) is 4. The van der Waals surface area contributed by atoms with Crippen molar-refractivity contribution in [3.05, 3.63) is 59.7 Å². The van der Waals surface area contributed by atoms with Gasteiger partial charge in [-0.2, -0.15) is 0 Å². The van der Waals surface area contributed by atoms with Gasteiger partial charge in [0.15, 0.2) is 0 Å². The van der Waals surface area contributed by atoms with E-state index >= 15 is 0 Å². The van der Waals surface area contributed by atoms with Crippen LogP contribution in [0.4, 0.5) is 0 Å². The molecule has 4 nitrogen and oxygen atoms in total. The molecule has 0 saturated carbocycles. The van der Waals surface area contributed by atoms with E-state index < -0.39 is 5.66 Å². The van der Waals surface area contributed by atoms with Gasteiger partial charge in [-0.25, -0.2) is 0 Å². The summed E-state index contributed by atoms with van der Waals surface area (Å²) in [6, 6.07) is 15.5. The maximum atomic E-state index is 10.3. The molecule has 0 bridgehead atoms. The van der Waals surface area contributed by atoms with Crippen molar-refractivity contribution in [1.29, 1.82) is 0 Å². The third kappa shape index (κ3) is 3.54. The third-order valence-electron chi connectivity index (χ3n) is 5.07. The van der Waals surface area contributed by atoms with Crippen molar-refractivity contribution in [2.45, 2.75) is 38.9 Å². The van der Waals surface area contributed by atoms with Crippen LogP contribution < -0.4 is 10.1 Å². The highest BCUT2D eigenvalue weighted by molar-refractivity contribution is 6.02. The van der Waals surface area contributed by atoms with E-state index in [1.165, 1.54) is 0 Å². The SMILES string of the molecule is COc1cccc(C2=N[C@](C)(C(C)C)N[C@H](c3ccccc3O)C2)c1. The van der Waals surface area contributed by atoms with Crippen molar-refractivity contribution in [2.24, 2.45) is 10.9 Å². The Morgan fingerprint density at radius 2 is 1.96 bits per heavy atom. The van der Waals surface area contributed by atoms with Crippen LogP contribution in [0, 0.1) is 5.92 Å². The van der Waals surface area contributed by atoms with Crippen molar-refractivity contribution in [3.63, 3.8) is 0 Å². The van der Waals surface area contributed by atoms with Gasteiger partial charge >= 0.3 is 0 Å². The number of nitrogens with zero attached hydrogens (tertiary/aromatic N) is 1. The Bertz CT molecular complexity index is 785. The number of aromatic hydroxyl groups is 1. The minimum absolute atomic E-state index is 0.00676. The van der Waals surface area contributed by atoms with Crippen LogP contribution in [-0.4, -0.2) is 23.6 Å². The fraction of sp³-hybridized carbons (Fsp3) is 0.381. The van der Waals surface area contributed by atoms with Gasteiger partial charge in [-0.1, -0.05) is 44.2 Å². The number of methoxy groups -OCH3 is 1. The molecule has 132 valence electrons. The van der Waals surface area contributed by atoms with Crippen molar-refractivity contribution in [1.82, 2.24) is 5.32 Å². The van der Waals surface area contributed by atoms with Gasteiger partial charge in [0.25, 0.3) is 0 Å². The number of aliphatic imine (C=N–C) groups is 1. The van der Waals surface area contributed by atoms with Crippen LogP contribution in [0.1, 0.15) is 44.4 Å². The summed E-state index contributed by atoms with van der Waals surface area (Å²) in [6.07, 6.45) is 0.715. The largest absolute Gasteiger partial charge is 0.508 e. The minimum Gasteiger partial charge on any atom is -0.508 e. The molecular weight excluding hydrogens is 312 g/mol. The molecule has 2 aromatic carbocycles. The summed E-state index contributed by atoms with van der Waals surface area (Å²) in [5, 5.41) is 13.9. The maximum absolute atomic E-state index is 10.3. The van der Waals surface area contributed by atoms with E-state index in [1.807, 2.05) is 36.4 Å². The highest BCUT2D eigenvalue weighted by Crippen LogP contribution is 2.36. The van der Waals surface area contributed by atoms with Gasteiger partial charge in [0, 0.05) is 23.7 Å². The first-order valence-corrected chi connectivity index (χ1v) is 8.71. The topological polar surface area (TPSA) is 53.8 Å². The monoisotopic (exact) mass is 338 g/mol. The second-order valence-corrected chi connectivity index (χ2v) is 7.05. The summed E-state index contributed by atoms with van der Waals surface area (Å²) in [5.74, 6) is 1.45. The number of hydrogen-bond donors (Lipinski definition) is 2. The first-order chi connectivity index (χ1) is 11.9. The fourth-order valence-electron chi connectivity index (χ4n) is 3.21. The number of phenols is 1. The highest BCUT2D eigenvalue weighted by atomic mass is 16.5. The molecular formula is C21H26N2O2. The van der Waals surface area contributed by atoms with Crippen LogP contribution >= 0.6 is 0 Å². The molecule has 3 rings (SSSR count). The molecule has 25 heavy (non-hydrogen) atoms. The van der Waals surface area contributed by atoms with Crippen LogP contribution in [0.15, 0.2) is 53.5 Å². The lowest BCUT2D eigenvalue weighted by Gasteiger charge is -2.40. The molecule has 0 aromatic heterocycles. The zero-order chi connectivity index (χ0) is 18.0. The summed E-state index contributed by atoms with van der Waals surface area (Å²) in [7, 11) is 1.67. The lowest BCUT2D eigenvalue weighted by molar-refractivity contribution is 0.229. The van der Waals surface area contributed by atoms with Crippen LogP contribution in [0.5, 0.6) is 11.5 Å². The van der Waals surface area contributed by atoms with E-state index in [0.29, 0.717) is 18.1 Å². The van der Waals surface area contributed by atoms with Crippen molar-refractivity contribution in [3.8, 4) is 11.5 Å². The van der Waals surface area contributed by atoms with Gasteiger partial charge in [-0.15, -0.1) is 0 Å². The van der Waals surface area contributed by atoms with Gasteiger partial charge in [-0.3, -0.25) is 10.3 Å². The number of ether oxygens (including phenoxy) is 1. The third-order valence-corrected chi connectivity index (χ3v) is 5.07. The van der Waals surface area contributed by atoms with Crippen LogP contribution in [0.2, 0.25) is 0 Å². The van der Waals surface area contributed by atoms with Crippen molar-refractivity contribution >= 4 is 5.71 Å². The molecule has 1 heterocycles. The molecule has 4 heteroatoms. The molecule has 2 atom stereocenters. The summed E-state index contributed by atoms with van der Waals surface area (Å²) in [5.41, 5.74) is 2.60. The molecule has 0 fully saturated rings. The molecule has 0 spiro atoms.